The topological polar surface area (TPSA) is 69.2 Å². The molecule has 0 spiro atoms. The lowest BCUT2D eigenvalue weighted by molar-refractivity contribution is -0.00131. The van der Waals surface area contributed by atoms with E-state index in [0.29, 0.717) is 11.6 Å². The number of piperidine rings is 1. The van der Waals surface area contributed by atoms with Crippen LogP contribution in [0.5, 0.6) is 0 Å². The van der Waals surface area contributed by atoms with Gasteiger partial charge in [-0.2, -0.15) is 0 Å². The monoisotopic (exact) mass is 329 g/mol. The summed E-state index contributed by atoms with van der Waals surface area (Å²) in [7, 11) is 0. The number of fused-ring (bicyclic) bond motifs is 1. The highest BCUT2D eigenvalue weighted by molar-refractivity contribution is 5.97. The number of amides is 1. The summed E-state index contributed by atoms with van der Waals surface area (Å²) < 4.78 is 0. The van der Waals surface area contributed by atoms with Crippen molar-refractivity contribution in [2.24, 2.45) is 5.92 Å². The molecule has 5 nitrogen and oxygen atoms in total. The number of aromatic nitrogens is 2. The summed E-state index contributed by atoms with van der Waals surface area (Å²) in [5, 5.41) is 11.5. The molecule has 3 heterocycles. The lowest BCUT2D eigenvalue weighted by Gasteiger charge is -2.36. The minimum atomic E-state index is -0.541. The van der Waals surface area contributed by atoms with Gasteiger partial charge in [0, 0.05) is 36.4 Å². The molecule has 2 aromatic rings. The number of pyridine rings is 1. The summed E-state index contributed by atoms with van der Waals surface area (Å²) in [6.45, 7) is 5.63. The number of carbonyl (C=O) groups excluding carboxylic acids is 1. The third-order valence-electron chi connectivity index (χ3n) is 5.54. The zero-order chi connectivity index (χ0) is 17.2. The van der Waals surface area contributed by atoms with E-state index in [1.165, 1.54) is 0 Å². The SMILES string of the molecule is CCC(O)(CC)CC1CCN(C(=O)c2cc3cnccc3[nH]2)CC1. The van der Waals surface area contributed by atoms with Crippen LogP contribution in [-0.4, -0.2) is 44.6 Å². The lowest BCUT2D eigenvalue weighted by atomic mass is 9.82. The average Bonchev–Trinajstić information content (AvgIpc) is 3.06. The standard InChI is InChI=1S/C19H27N3O2/c1-3-19(24,4-2)12-14-6-9-22(10-7-14)18(23)17-11-15-13-20-8-5-16(15)21-17/h5,8,11,13-14,21,24H,3-4,6-7,9-10,12H2,1-2H3. The van der Waals surface area contributed by atoms with E-state index >= 15 is 0 Å². The summed E-state index contributed by atoms with van der Waals surface area (Å²) in [4.78, 5) is 21.9. The van der Waals surface area contributed by atoms with Gasteiger partial charge in [0.1, 0.15) is 5.69 Å². The van der Waals surface area contributed by atoms with Crippen LogP contribution in [0.15, 0.2) is 24.5 Å². The van der Waals surface area contributed by atoms with Crippen molar-refractivity contribution in [3.63, 3.8) is 0 Å². The van der Waals surface area contributed by atoms with Crippen LogP contribution in [0.2, 0.25) is 0 Å². The Balaban J connectivity index is 1.61. The zero-order valence-electron chi connectivity index (χ0n) is 14.6. The van der Waals surface area contributed by atoms with Gasteiger partial charge in [-0.3, -0.25) is 9.78 Å². The first-order valence-corrected chi connectivity index (χ1v) is 8.99. The molecule has 0 radical (unpaired) electrons. The van der Waals surface area contributed by atoms with Crippen LogP contribution in [0.4, 0.5) is 0 Å². The van der Waals surface area contributed by atoms with E-state index in [1.54, 1.807) is 12.4 Å². The van der Waals surface area contributed by atoms with Crippen LogP contribution in [0.25, 0.3) is 10.9 Å². The van der Waals surface area contributed by atoms with E-state index in [2.05, 4.69) is 9.97 Å². The van der Waals surface area contributed by atoms with Crippen molar-refractivity contribution in [3.8, 4) is 0 Å². The second kappa shape index (κ2) is 6.93. The highest BCUT2D eigenvalue weighted by Crippen LogP contribution is 2.31. The van der Waals surface area contributed by atoms with E-state index in [-0.39, 0.29) is 5.91 Å². The quantitative estimate of drug-likeness (QED) is 0.884. The minimum absolute atomic E-state index is 0.0610. The third kappa shape index (κ3) is 3.46. The van der Waals surface area contributed by atoms with Crippen molar-refractivity contribution in [3.05, 3.63) is 30.2 Å². The third-order valence-corrected chi connectivity index (χ3v) is 5.54. The van der Waals surface area contributed by atoms with Crippen molar-refractivity contribution in [2.75, 3.05) is 13.1 Å². The predicted octanol–water partition coefficient (Wildman–Crippen LogP) is 3.36. The summed E-state index contributed by atoms with van der Waals surface area (Å²) >= 11 is 0. The molecule has 2 N–H and O–H groups in total. The first-order chi connectivity index (χ1) is 11.5. The fourth-order valence-electron chi connectivity index (χ4n) is 3.67. The Labute approximate surface area is 143 Å². The number of carbonyl (C=O) groups is 1. The maximum atomic E-state index is 12.7. The van der Waals surface area contributed by atoms with E-state index in [1.807, 2.05) is 30.9 Å². The van der Waals surface area contributed by atoms with Gasteiger partial charge in [-0.05, 0) is 50.2 Å². The molecule has 130 valence electrons. The highest BCUT2D eigenvalue weighted by Gasteiger charge is 2.30. The number of likely N-dealkylation sites (tertiary alicyclic amines) is 1. The first-order valence-electron chi connectivity index (χ1n) is 8.99. The fourth-order valence-corrected chi connectivity index (χ4v) is 3.67. The van der Waals surface area contributed by atoms with Gasteiger partial charge in [-0.15, -0.1) is 0 Å². The molecule has 1 aliphatic heterocycles. The number of rotatable bonds is 5. The molecule has 0 atom stereocenters. The van der Waals surface area contributed by atoms with Gasteiger partial charge < -0.3 is 15.0 Å². The molecule has 0 bridgehead atoms. The Bertz CT molecular complexity index is 664. The Morgan fingerprint density at radius 1 is 1.38 bits per heavy atom. The molecule has 2 aromatic heterocycles. The average molecular weight is 329 g/mol. The van der Waals surface area contributed by atoms with Crippen molar-refractivity contribution in [1.29, 1.82) is 0 Å². The number of aliphatic hydroxyl groups is 1. The van der Waals surface area contributed by atoms with Crippen LogP contribution >= 0.6 is 0 Å². The van der Waals surface area contributed by atoms with Gasteiger partial charge in [-0.1, -0.05) is 13.8 Å². The number of hydrogen-bond acceptors (Lipinski definition) is 3. The number of nitrogens with one attached hydrogen (secondary N) is 1. The Kier molecular flexibility index (Phi) is 4.90. The maximum absolute atomic E-state index is 12.7. The summed E-state index contributed by atoms with van der Waals surface area (Å²) in [6, 6.07) is 3.76. The maximum Gasteiger partial charge on any atom is 0.270 e. The van der Waals surface area contributed by atoms with Crippen molar-refractivity contribution < 1.29 is 9.90 Å². The van der Waals surface area contributed by atoms with Crippen LogP contribution in [0, 0.1) is 5.92 Å². The second-order valence-corrected chi connectivity index (χ2v) is 7.02. The van der Waals surface area contributed by atoms with Gasteiger partial charge in [-0.25, -0.2) is 0 Å². The Morgan fingerprint density at radius 2 is 2.08 bits per heavy atom. The van der Waals surface area contributed by atoms with E-state index in [9.17, 15) is 9.90 Å². The van der Waals surface area contributed by atoms with Crippen molar-refractivity contribution in [1.82, 2.24) is 14.9 Å². The van der Waals surface area contributed by atoms with Crippen LogP contribution in [-0.2, 0) is 0 Å². The van der Waals surface area contributed by atoms with Crippen LogP contribution in [0.3, 0.4) is 0 Å². The Morgan fingerprint density at radius 3 is 2.71 bits per heavy atom. The molecule has 24 heavy (non-hydrogen) atoms. The minimum Gasteiger partial charge on any atom is -0.390 e. The number of hydrogen-bond donors (Lipinski definition) is 2. The van der Waals surface area contributed by atoms with E-state index in [4.69, 9.17) is 0 Å². The zero-order valence-corrected chi connectivity index (χ0v) is 14.6. The van der Waals surface area contributed by atoms with Crippen molar-refractivity contribution >= 4 is 16.8 Å². The second-order valence-electron chi connectivity index (χ2n) is 7.02. The van der Waals surface area contributed by atoms with E-state index < -0.39 is 5.60 Å². The van der Waals surface area contributed by atoms with Crippen molar-refractivity contribution in [2.45, 2.75) is 51.6 Å². The lowest BCUT2D eigenvalue weighted by Crippen LogP contribution is -2.41. The first kappa shape index (κ1) is 17.0. The molecule has 0 unspecified atom stereocenters. The van der Waals surface area contributed by atoms with Gasteiger partial charge >= 0.3 is 0 Å². The predicted molar refractivity (Wildman–Crippen MR) is 94.9 cm³/mol. The molecule has 0 aliphatic carbocycles. The molecule has 1 amide bonds. The summed E-state index contributed by atoms with van der Waals surface area (Å²) in [5.74, 6) is 0.566. The molecule has 3 rings (SSSR count). The van der Waals surface area contributed by atoms with E-state index in [0.717, 1.165) is 56.1 Å². The fraction of sp³-hybridized carbons (Fsp3) is 0.579. The summed E-state index contributed by atoms with van der Waals surface area (Å²) in [5.41, 5.74) is 1.04. The normalized spacial score (nSPS) is 16.7. The van der Waals surface area contributed by atoms with Gasteiger partial charge in [0.2, 0.25) is 0 Å². The highest BCUT2D eigenvalue weighted by atomic mass is 16.3. The number of H-pyrrole nitrogens is 1. The van der Waals surface area contributed by atoms with Crippen LogP contribution < -0.4 is 0 Å². The molecule has 0 aromatic carbocycles. The molecular weight excluding hydrogens is 302 g/mol. The van der Waals surface area contributed by atoms with Crippen LogP contribution in [0.1, 0.15) is 56.4 Å². The van der Waals surface area contributed by atoms with Gasteiger partial charge in [0.25, 0.3) is 5.91 Å². The van der Waals surface area contributed by atoms with Gasteiger partial charge in [0.05, 0.1) is 5.60 Å². The summed E-state index contributed by atoms with van der Waals surface area (Å²) in [6.07, 6.45) is 7.87. The Hall–Kier alpha value is -1.88. The molecule has 5 heteroatoms. The number of nitrogens with zero attached hydrogens (tertiary/aromatic N) is 2. The number of aromatic amines is 1. The smallest absolute Gasteiger partial charge is 0.270 e. The molecule has 1 saturated heterocycles. The largest absolute Gasteiger partial charge is 0.390 e. The van der Waals surface area contributed by atoms with Gasteiger partial charge in [0.15, 0.2) is 0 Å². The molecule has 1 aliphatic rings. The molecule has 1 fully saturated rings. The molecule has 0 saturated carbocycles. The molecular formula is C19H27N3O2.